The summed E-state index contributed by atoms with van der Waals surface area (Å²) in [6.45, 7) is -0.0599. The quantitative estimate of drug-likeness (QED) is 0.774. The van der Waals surface area contributed by atoms with Crippen molar-refractivity contribution in [1.82, 2.24) is 4.90 Å². The van der Waals surface area contributed by atoms with Crippen molar-refractivity contribution in [1.29, 1.82) is 0 Å². The molecule has 2 fully saturated rings. The maximum Gasteiger partial charge on any atom is 0.261 e. The highest BCUT2D eigenvalue weighted by atomic mass is 79.9. The third-order valence-corrected chi connectivity index (χ3v) is 6.42. The van der Waals surface area contributed by atoms with Crippen LogP contribution in [0.1, 0.15) is 19.3 Å². The molecule has 1 aliphatic heterocycles. The van der Waals surface area contributed by atoms with Gasteiger partial charge >= 0.3 is 0 Å². The van der Waals surface area contributed by atoms with Gasteiger partial charge in [0.15, 0.2) is 16.4 Å². The number of benzene rings is 1. The molecule has 1 aromatic carbocycles. The zero-order valence-electron chi connectivity index (χ0n) is 12.1. The lowest BCUT2D eigenvalue weighted by atomic mass is 10.2. The van der Waals surface area contributed by atoms with Gasteiger partial charge in [0, 0.05) is 12.1 Å². The molecule has 0 N–H and O–H groups in total. The number of carbonyl (C=O) groups excluding carboxylic acids is 1. The van der Waals surface area contributed by atoms with E-state index in [9.17, 15) is 13.2 Å². The highest BCUT2D eigenvalue weighted by molar-refractivity contribution is 9.10. The molecule has 0 bridgehead atoms. The van der Waals surface area contributed by atoms with E-state index in [1.165, 1.54) is 0 Å². The number of sulfone groups is 1. The van der Waals surface area contributed by atoms with E-state index >= 15 is 0 Å². The Balaban J connectivity index is 1.65. The van der Waals surface area contributed by atoms with Crippen molar-refractivity contribution in [2.24, 2.45) is 0 Å². The van der Waals surface area contributed by atoms with Crippen LogP contribution in [0.3, 0.4) is 0 Å². The largest absolute Gasteiger partial charge is 0.483 e. The van der Waals surface area contributed by atoms with E-state index in [2.05, 4.69) is 15.9 Å². The Kier molecular flexibility index (Phi) is 4.45. The maximum absolute atomic E-state index is 12.5. The highest BCUT2D eigenvalue weighted by Crippen LogP contribution is 2.32. The number of hydrogen-bond donors (Lipinski definition) is 0. The standard InChI is InChI=1S/C15H18BrNO4S/c16-13-3-1-2-4-14(13)21-9-15(18)17(11-5-6-11)12-7-8-22(19,20)10-12/h1-4,11-12H,5-10H2/t12-/m1/s1. The van der Waals surface area contributed by atoms with Crippen LogP contribution >= 0.6 is 15.9 Å². The van der Waals surface area contributed by atoms with Gasteiger partial charge in [0.05, 0.1) is 16.0 Å². The van der Waals surface area contributed by atoms with Gasteiger partial charge in [0.1, 0.15) is 5.75 Å². The van der Waals surface area contributed by atoms with Crippen molar-refractivity contribution < 1.29 is 17.9 Å². The van der Waals surface area contributed by atoms with Crippen molar-refractivity contribution in [3.05, 3.63) is 28.7 Å². The Morgan fingerprint density at radius 2 is 1.95 bits per heavy atom. The van der Waals surface area contributed by atoms with E-state index in [4.69, 9.17) is 4.74 Å². The van der Waals surface area contributed by atoms with Crippen molar-refractivity contribution in [3.8, 4) is 5.75 Å². The summed E-state index contributed by atoms with van der Waals surface area (Å²) in [6, 6.07) is 7.35. The minimum Gasteiger partial charge on any atom is -0.483 e. The van der Waals surface area contributed by atoms with E-state index in [1.807, 2.05) is 18.2 Å². The number of para-hydroxylation sites is 1. The third kappa shape index (κ3) is 3.63. The molecule has 1 saturated heterocycles. The summed E-state index contributed by atoms with van der Waals surface area (Å²) in [5.74, 6) is 0.759. The Morgan fingerprint density at radius 1 is 1.23 bits per heavy atom. The monoisotopic (exact) mass is 387 g/mol. The number of ether oxygens (including phenoxy) is 1. The smallest absolute Gasteiger partial charge is 0.261 e. The Bertz CT molecular complexity index is 672. The van der Waals surface area contributed by atoms with Crippen LogP contribution < -0.4 is 4.74 Å². The van der Waals surface area contributed by atoms with Gasteiger partial charge in [-0.1, -0.05) is 12.1 Å². The number of halogens is 1. The van der Waals surface area contributed by atoms with Crippen molar-refractivity contribution in [2.45, 2.75) is 31.3 Å². The number of amides is 1. The van der Waals surface area contributed by atoms with Gasteiger partial charge in [-0.2, -0.15) is 0 Å². The fraction of sp³-hybridized carbons (Fsp3) is 0.533. The summed E-state index contributed by atoms with van der Waals surface area (Å²) >= 11 is 3.38. The predicted octanol–water partition coefficient (Wildman–Crippen LogP) is 2.01. The number of carbonyl (C=O) groups is 1. The molecule has 7 heteroatoms. The van der Waals surface area contributed by atoms with Crippen LogP contribution in [0.15, 0.2) is 28.7 Å². The first-order valence-electron chi connectivity index (χ1n) is 7.35. The molecule has 1 amide bonds. The van der Waals surface area contributed by atoms with Crippen LogP contribution in [0.5, 0.6) is 5.75 Å². The predicted molar refractivity (Wildman–Crippen MR) is 86.6 cm³/mol. The van der Waals surface area contributed by atoms with Crippen LogP contribution in [0, 0.1) is 0 Å². The Morgan fingerprint density at radius 3 is 2.55 bits per heavy atom. The zero-order chi connectivity index (χ0) is 15.7. The number of nitrogens with zero attached hydrogens (tertiary/aromatic N) is 1. The second kappa shape index (κ2) is 6.20. The van der Waals surface area contributed by atoms with Gasteiger partial charge in [-0.15, -0.1) is 0 Å². The van der Waals surface area contributed by atoms with Crippen molar-refractivity contribution in [2.75, 3.05) is 18.1 Å². The molecule has 5 nitrogen and oxygen atoms in total. The van der Waals surface area contributed by atoms with Crippen LogP contribution in [-0.2, 0) is 14.6 Å². The van der Waals surface area contributed by atoms with E-state index in [-0.39, 0.29) is 36.1 Å². The minimum absolute atomic E-state index is 0.0599. The topological polar surface area (TPSA) is 63.7 Å². The molecular formula is C15H18BrNO4S. The first kappa shape index (κ1) is 15.8. The first-order chi connectivity index (χ1) is 10.5. The zero-order valence-corrected chi connectivity index (χ0v) is 14.5. The van der Waals surface area contributed by atoms with Crippen LogP contribution in [0.25, 0.3) is 0 Å². The van der Waals surface area contributed by atoms with Crippen LogP contribution in [0.4, 0.5) is 0 Å². The molecule has 0 unspecified atom stereocenters. The molecule has 1 aromatic rings. The summed E-state index contributed by atoms with van der Waals surface area (Å²) in [5.41, 5.74) is 0. The molecule has 3 rings (SSSR count). The molecule has 2 aliphatic rings. The maximum atomic E-state index is 12.5. The highest BCUT2D eigenvalue weighted by Gasteiger charge is 2.42. The first-order valence-corrected chi connectivity index (χ1v) is 9.96. The fourth-order valence-electron chi connectivity index (χ4n) is 2.83. The molecule has 22 heavy (non-hydrogen) atoms. The summed E-state index contributed by atoms with van der Waals surface area (Å²) in [5, 5.41) is 0. The fourth-order valence-corrected chi connectivity index (χ4v) is 4.94. The van der Waals surface area contributed by atoms with E-state index in [0.717, 1.165) is 17.3 Å². The van der Waals surface area contributed by atoms with E-state index in [1.54, 1.807) is 11.0 Å². The van der Waals surface area contributed by atoms with E-state index < -0.39 is 9.84 Å². The third-order valence-electron chi connectivity index (χ3n) is 4.02. The molecule has 0 aromatic heterocycles. The minimum atomic E-state index is -3.00. The number of hydrogen-bond acceptors (Lipinski definition) is 4. The van der Waals surface area contributed by atoms with Gasteiger partial charge in [0.25, 0.3) is 5.91 Å². The Labute approximate surface area is 138 Å². The molecule has 1 aliphatic carbocycles. The van der Waals surface area contributed by atoms with Crippen molar-refractivity contribution in [3.63, 3.8) is 0 Å². The summed E-state index contributed by atoms with van der Waals surface area (Å²) in [7, 11) is -3.00. The SMILES string of the molecule is O=C(COc1ccccc1Br)N(C1CC1)[C@@H]1CCS(=O)(=O)C1. The second-order valence-electron chi connectivity index (χ2n) is 5.81. The van der Waals surface area contributed by atoms with E-state index in [0.29, 0.717) is 12.2 Å². The van der Waals surface area contributed by atoms with Crippen LogP contribution in [-0.4, -0.2) is 49.4 Å². The lowest BCUT2D eigenvalue weighted by molar-refractivity contribution is -0.135. The summed E-state index contributed by atoms with van der Waals surface area (Å²) in [6.07, 6.45) is 2.45. The Hall–Kier alpha value is -1.08. The molecule has 120 valence electrons. The molecule has 1 atom stereocenters. The lowest BCUT2D eigenvalue weighted by Gasteiger charge is -2.28. The average molecular weight is 388 g/mol. The van der Waals surface area contributed by atoms with Gasteiger partial charge in [-0.05, 0) is 47.3 Å². The summed E-state index contributed by atoms with van der Waals surface area (Å²) in [4.78, 5) is 14.2. The van der Waals surface area contributed by atoms with Gasteiger partial charge < -0.3 is 9.64 Å². The normalized spacial score (nSPS) is 23.2. The second-order valence-corrected chi connectivity index (χ2v) is 8.89. The molecular weight excluding hydrogens is 370 g/mol. The van der Waals surface area contributed by atoms with Gasteiger partial charge in [-0.25, -0.2) is 8.42 Å². The molecule has 1 heterocycles. The molecule has 0 spiro atoms. The average Bonchev–Trinajstić information content (AvgIpc) is 3.22. The summed E-state index contributed by atoms with van der Waals surface area (Å²) < 4.78 is 29.7. The lowest BCUT2D eigenvalue weighted by Crippen LogP contribution is -2.45. The molecule has 0 radical (unpaired) electrons. The van der Waals surface area contributed by atoms with Crippen molar-refractivity contribution >= 4 is 31.7 Å². The van der Waals surface area contributed by atoms with Gasteiger partial charge in [0.2, 0.25) is 0 Å². The van der Waals surface area contributed by atoms with Gasteiger partial charge in [-0.3, -0.25) is 4.79 Å². The number of rotatable bonds is 5. The van der Waals surface area contributed by atoms with Crippen LogP contribution in [0.2, 0.25) is 0 Å². The molecule has 1 saturated carbocycles.